The topological polar surface area (TPSA) is 55.4 Å². The number of methoxy groups -OCH3 is 1. The summed E-state index contributed by atoms with van der Waals surface area (Å²) in [6, 6.07) is 7.21. The van der Waals surface area contributed by atoms with Crippen LogP contribution in [0, 0.1) is 11.8 Å². The van der Waals surface area contributed by atoms with Crippen LogP contribution in [-0.4, -0.2) is 25.5 Å². The molecule has 20 heavy (non-hydrogen) atoms. The first-order chi connectivity index (χ1) is 9.52. The van der Waals surface area contributed by atoms with Crippen molar-refractivity contribution >= 4 is 23.4 Å². The number of benzene rings is 1. The zero-order chi connectivity index (χ0) is 14.7. The Labute approximate surface area is 123 Å². The maximum Gasteiger partial charge on any atom is 0.234 e. The monoisotopic (exact) mass is 295 g/mol. The molecule has 1 aliphatic heterocycles. The number of ether oxygens (including phenoxy) is 1. The molecule has 0 spiro atoms. The van der Waals surface area contributed by atoms with Crippen molar-refractivity contribution in [2.45, 2.75) is 19.3 Å². The third-order valence-corrected chi connectivity index (χ3v) is 4.04. The molecule has 1 aromatic carbocycles. The Hall–Kier alpha value is -1.39. The van der Waals surface area contributed by atoms with Gasteiger partial charge in [0.15, 0.2) is 0 Å². The lowest BCUT2D eigenvalue weighted by molar-refractivity contribution is -0.137. The molecule has 0 aliphatic carbocycles. The first kappa shape index (κ1) is 15.0. The van der Waals surface area contributed by atoms with Crippen LogP contribution in [0.2, 0.25) is 5.02 Å². The average molecular weight is 296 g/mol. The number of amides is 2. The summed E-state index contributed by atoms with van der Waals surface area (Å²) in [6.45, 7) is 2.53. The fourth-order valence-electron chi connectivity index (χ4n) is 2.78. The summed E-state index contributed by atoms with van der Waals surface area (Å²) in [4.78, 5) is 23.8. The van der Waals surface area contributed by atoms with Crippen LogP contribution in [0.1, 0.15) is 24.8 Å². The second-order valence-corrected chi connectivity index (χ2v) is 5.68. The van der Waals surface area contributed by atoms with Gasteiger partial charge in [-0.25, -0.2) is 0 Å². The van der Waals surface area contributed by atoms with Gasteiger partial charge in [-0.1, -0.05) is 30.7 Å². The molecule has 108 valence electrons. The van der Waals surface area contributed by atoms with E-state index in [1.165, 1.54) is 0 Å². The first-order valence-corrected chi connectivity index (χ1v) is 6.98. The molecule has 0 saturated carbocycles. The Morgan fingerprint density at radius 1 is 1.35 bits per heavy atom. The van der Waals surface area contributed by atoms with Crippen LogP contribution in [0.5, 0.6) is 0 Å². The van der Waals surface area contributed by atoms with Crippen LogP contribution in [0.15, 0.2) is 24.3 Å². The van der Waals surface area contributed by atoms with Crippen molar-refractivity contribution in [3.8, 4) is 0 Å². The van der Waals surface area contributed by atoms with Crippen LogP contribution in [-0.2, 0) is 14.3 Å². The largest absolute Gasteiger partial charge is 0.384 e. The molecular weight excluding hydrogens is 278 g/mol. The normalized spacial score (nSPS) is 24.4. The van der Waals surface area contributed by atoms with Crippen LogP contribution >= 0.6 is 11.6 Å². The predicted molar refractivity (Wildman–Crippen MR) is 76.5 cm³/mol. The number of carbonyl (C=O) groups is 2. The van der Waals surface area contributed by atoms with E-state index in [0.717, 1.165) is 5.56 Å². The maximum atomic E-state index is 12.2. The highest BCUT2D eigenvalue weighted by atomic mass is 35.5. The van der Waals surface area contributed by atoms with E-state index in [9.17, 15) is 9.59 Å². The summed E-state index contributed by atoms with van der Waals surface area (Å²) >= 11 is 5.88. The summed E-state index contributed by atoms with van der Waals surface area (Å²) in [5.41, 5.74) is 0.882. The molecule has 3 unspecified atom stereocenters. The number of halogens is 1. The van der Waals surface area contributed by atoms with Crippen molar-refractivity contribution in [3.05, 3.63) is 34.9 Å². The Morgan fingerprint density at radius 2 is 2.00 bits per heavy atom. The standard InChI is InChI=1S/C15H18ClNO3/c1-9(8-20-2)12-7-13(18)17-15(19)14(12)10-3-5-11(16)6-4-10/h3-6,9,12,14H,7-8H2,1-2H3,(H,17,18,19). The molecule has 0 radical (unpaired) electrons. The highest BCUT2D eigenvalue weighted by molar-refractivity contribution is 6.30. The fraction of sp³-hybridized carbons (Fsp3) is 0.467. The summed E-state index contributed by atoms with van der Waals surface area (Å²) in [5, 5.41) is 3.05. The lowest BCUT2D eigenvalue weighted by Gasteiger charge is -2.34. The molecule has 0 aromatic heterocycles. The van der Waals surface area contributed by atoms with E-state index < -0.39 is 0 Å². The van der Waals surface area contributed by atoms with Crippen molar-refractivity contribution in [1.82, 2.24) is 5.32 Å². The van der Waals surface area contributed by atoms with Crippen LogP contribution < -0.4 is 5.32 Å². The maximum absolute atomic E-state index is 12.2. The number of hydrogen-bond donors (Lipinski definition) is 1. The van der Waals surface area contributed by atoms with Crippen molar-refractivity contribution in [3.63, 3.8) is 0 Å². The van der Waals surface area contributed by atoms with E-state index in [-0.39, 0.29) is 29.6 Å². The van der Waals surface area contributed by atoms with Gasteiger partial charge >= 0.3 is 0 Å². The second kappa shape index (κ2) is 6.37. The lowest BCUT2D eigenvalue weighted by Crippen LogP contribution is -2.46. The molecule has 4 nitrogen and oxygen atoms in total. The Balaban J connectivity index is 2.31. The third kappa shape index (κ3) is 3.19. The van der Waals surface area contributed by atoms with Gasteiger partial charge in [-0.2, -0.15) is 0 Å². The first-order valence-electron chi connectivity index (χ1n) is 6.61. The van der Waals surface area contributed by atoms with E-state index >= 15 is 0 Å². The molecule has 1 heterocycles. The minimum absolute atomic E-state index is 0.0580. The SMILES string of the molecule is COCC(C)C1CC(=O)NC(=O)C1c1ccc(Cl)cc1. The Bertz CT molecular complexity index is 500. The average Bonchev–Trinajstić information content (AvgIpc) is 2.39. The molecule has 2 amide bonds. The number of carbonyl (C=O) groups excluding carboxylic acids is 2. The molecule has 2 rings (SSSR count). The molecule has 5 heteroatoms. The van der Waals surface area contributed by atoms with E-state index in [1.54, 1.807) is 19.2 Å². The van der Waals surface area contributed by atoms with Crippen LogP contribution in [0.3, 0.4) is 0 Å². The van der Waals surface area contributed by atoms with Crippen molar-refractivity contribution in [1.29, 1.82) is 0 Å². The zero-order valence-electron chi connectivity index (χ0n) is 11.6. The van der Waals surface area contributed by atoms with E-state index in [0.29, 0.717) is 18.1 Å². The molecule has 1 saturated heterocycles. The summed E-state index contributed by atoms with van der Waals surface area (Å²) in [7, 11) is 1.62. The minimum Gasteiger partial charge on any atom is -0.384 e. The quantitative estimate of drug-likeness (QED) is 0.868. The van der Waals surface area contributed by atoms with Gasteiger partial charge in [0, 0.05) is 25.2 Å². The van der Waals surface area contributed by atoms with Gasteiger partial charge in [-0.3, -0.25) is 14.9 Å². The van der Waals surface area contributed by atoms with Gasteiger partial charge < -0.3 is 4.74 Å². The summed E-state index contributed by atoms with van der Waals surface area (Å²) < 4.78 is 5.17. The van der Waals surface area contributed by atoms with Crippen molar-refractivity contribution in [2.24, 2.45) is 11.8 Å². The van der Waals surface area contributed by atoms with Gasteiger partial charge in [-0.05, 0) is 29.5 Å². The Morgan fingerprint density at radius 3 is 2.60 bits per heavy atom. The fourth-order valence-corrected chi connectivity index (χ4v) is 2.90. The summed E-state index contributed by atoms with van der Waals surface area (Å²) in [5.74, 6) is -0.729. The molecule has 1 aromatic rings. The van der Waals surface area contributed by atoms with Gasteiger partial charge in [0.05, 0.1) is 5.92 Å². The van der Waals surface area contributed by atoms with Crippen molar-refractivity contribution in [2.75, 3.05) is 13.7 Å². The predicted octanol–water partition coefficient (Wildman–Crippen LogP) is 2.37. The summed E-state index contributed by atoms with van der Waals surface area (Å²) in [6.07, 6.45) is 0.337. The van der Waals surface area contributed by atoms with Gasteiger partial charge in [-0.15, -0.1) is 0 Å². The van der Waals surface area contributed by atoms with Gasteiger partial charge in [0.25, 0.3) is 0 Å². The number of rotatable bonds is 4. The minimum atomic E-state index is -0.338. The molecular formula is C15H18ClNO3. The van der Waals surface area contributed by atoms with E-state index in [2.05, 4.69) is 5.32 Å². The van der Waals surface area contributed by atoms with Crippen molar-refractivity contribution < 1.29 is 14.3 Å². The third-order valence-electron chi connectivity index (χ3n) is 3.78. The molecule has 3 atom stereocenters. The Kier molecular flexibility index (Phi) is 4.78. The van der Waals surface area contributed by atoms with Crippen LogP contribution in [0.25, 0.3) is 0 Å². The highest BCUT2D eigenvalue weighted by Gasteiger charge is 2.39. The highest BCUT2D eigenvalue weighted by Crippen LogP contribution is 2.36. The second-order valence-electron chi connectivity index (χ2n) is 5.24. The molecule has 0 bridgehead atoms. The van der Waals surface area contributed by atoms with Crippen LogP contribution in [0.4, 0.5) is 0 Å². The number of nitrogens with one attached hydrogen (secondary N) is 1. The molecule has 1 aliphatic rings. The molecule has 1 N–H and O–H groups in total. The molecule has 1 fully saturated rings. The number of hydrogen-bond acceptors (Lipinski definition) is 3. The smallest absolute Gasteiger partial charge is 0.234 e. The number of piperidine rings is 1. The van der Waals surface area contributed by atoms with Gasteiger partial charge in [0.1, 0.15) is 0 Å². The van der Waals surface area contributed by atoms with E-state index in [1.807, 2.05) is 19.1 Å². The zero-order valence-corrected chi connectivity index (χ0v) is 12.3. The lowest BCUT2D eigenvalue weighted by atomic mass is 9.74. The van der Waals surface area contributed by atoms with E-state index in [4.69, 9.17) is 16.3 Å². The van der Waals surface area contributed by atoms with Gasteiger partial charge in [0.2, 0.25) is 11.8 Å². The number of imide groups is 1.